The molecular formula is C24H33N3O4. The number of hydrogen-bond acceptors (Lipinski definition) is 6. The van der Waals surface area contributed by atoms with Crippen molar-refractivity contribution in [2.24, 2.45) is 0 Å². The van der Waals surface area contributed by atoms with Crippen LogP contribution in [0.5, 0.6) is 0 Å². The Labute approximate surface area is 184 Å². The SMILES string of the molecule is COCCC1(c2noc(C3CCOCC3)n2)CCCN(C(=O)CCc2ccccc2)C1. The van der Waals surface area contributed by atoms with Crippen molar-refractivity contribution in [2.45, 2.75) is 56.3 Å². The Morgan fingerprint density at radius 3 is 2.84 bits per heavy atom. The van der Waals surface area contributed by atoms with Crippen LogP contribution in [-0.2, 0) is 26.1 Å². The molecule has 1 amide bonds. The van der Waals surface area contributed by atoms with Gasteiger partial charge in [0.2, 0.25) is 11.8 Å². The summed E-state index contributed by atoms with van der Waals surface area (Å²) in [5, 5.41) is 4.41. The summed E-state index contributed by atoms with van der Waals surface area (Å²) in [6.07, 6.45) is 5.75. The maximum Gasteiger partial charge on any atom is 0.229 e. The Hall–Kier alpha value is -2.25. The van der Waals surface area contributed by atoms with Gasteiger partial charge in [0.25, 0.3) is 0 Å². The minimum absolute atomic E-state index is 0.193. The van der Waals surface area contributed by atoms with Crippen molar-refractivity contribution in [3.63, 3.8) is 0 Å². The lowest BCUT2D eigenvalue weighted by atomic mass is 9.76. The minimum atomic E-state index is -0.316. The smallest absolute Gasteiger partial charge is 0.229 e. The fourth-order valence-electron chi connectivity index (χ4n) is 4.76. The van der Waals surface area contributed by atoms with Crippen LogP contribution in [0.15, 0.2) is 34.9 Å². The molecular weight excluding hydrogens is 394 g/mol. The fourth-order valence-corrected chi connectivity index (χ4v) is 4.76. The summed E-state index contributed by atoms with van der Waals surface area (Å²) in [5.41, 5.74) is 0.876. The van der Waals surface area contributed by atoms with Gasteiger partial charge < -0.3 is 18.9 Å². The van der Waals surface area contributed by atoms with E-state index in [0.717, 1.165) is 64.1 Å². The summed E-state index contributed by atoms with van der Waals surface area (Å²) >= 11 is 0. The van der Waals surface area contributed by atoms with E-state index < -0.39 is 0 Å². The number of carbonyl (C=O) groups excluding carboxylic acids is 1. The molecule has 2 fully saturated rings. The van der Waals surface area contributed by atoms with E-state index in [0.29, 0.717) is 25.5 Å². The van der Waals surface area contributed by atoms with Gasteiger partial charge in [0.15, 0.2) is 5.82 Å². The lowest BCUT2D eigenvalue weighted by Crippen LogP contribution is -2.49. The molecule has 0 spiro atoms. The van der Waals surface area contributed by atoms with E-state index in [-0.39, 0.29) is 17.2 Å². The highest BCUT2D eigenvalue weighted by Gasteiger charge is 2.42. The molecule has 2 aliphatic heterocycles. The first-order chi connectivity index (χ1) is 15.2. The van der Waals surface area contributed by atoms with Gasteiger partial charge in [-0.3, -0.25) is 4.79 Å². The summed E-state index contributed by atoms with van der Waals surface area (Å²) in [4.78, 5) is 19.9. The third kappa shape index (κ3) is 5.33. The van der Waals surface area contributed by atoms with Crippen molar-refractivity contribution in [1.82, 2.24) is 15.0 Å². The Morgan fingerprint density at radius 1 is 1.26 bits per heavy atom. The molecule has 7 nitrogen and oxygen atoms in total. The van der Waals surface area contributed by atoms with Crippen LogP contribution < -0.4 is 0 Å². The van der Waals surface area contributed by atoms with Gasteiger partial charge in [-0.2, -0.15) is 4.98 Å². The number of amides is 1. The standard InChI is InChI=1S/C24H33N3O4/c1-29-17-13-24(23-25-22(31-26-23)20-10-15-30-16-11-20)12-5-14-27(18-24)21(28)9-8-19-6-3-2-4-7-19/h2-4,6-7,20H,5,8-18H2,1H3. The van der Waals surface area contributed by atoms with E-state index in [1.54, 1.807) is 7.11 Å². The number of rotatable bonds is 8. The Morgan fingerprint density at radius 2 is 2.06 bits per heavy atom. The third-order valence-corrected chi connectivity index (χ3v) is 6.67. The van der Waals surface area contributed by atoms with E-state index in [1.165, 1.54) is 5.56 Å². The van der Waals surface area contributed by atoms with Gasteiger partial charge in [-0.05, 0) is 44.1 Å². The number of aryl methyl sites for hydroxylation is 1. The minimum Gasteiger partial charge on any atom is -0.385 e. The predicted molar refractivity (Wildman–Crippen MR) is 116 cm³/mol. The summed E-state index contributed by atoms with van der Waals surface area (Å²) < 4.78 is 16.6. The second-order valence-electron chi connectivity index (χ2n) is 8.77. The van der Waals surface area contributed by atoms with E-state index in [1.807, 2.05) is 23.1 Å². The third-order valence-electron chi connectivity index (χ3n) is 6.67. The molecule has 0 saturated carbocycles. The van der Waals surface area contributed by atoms with E-state index >= 15 is 0 Å². The highest BCUT2D eigenvalue weighted by atomic mass is 16.5. The second kappa shape index (κ2) is 10.4. The van der Waals surface area contributed by atoms with Crippen molar-refractivity contribution < 1.29 is 18.8 Å². The number of benzene rings is 1. The van der Waals surface area contributed by atoms with Gasteiger partial charge in [-0.15, -0.1) is 0 Å². The molecule has 2 aliphatic rings. The maximum absolute atomic E-state index is 13.0. The van der Waals surface area contributed by atoms with Crippen LogP contribution in [0.2, 0.25) is 0 Å². The van der Waals surface area contributed by atoms with E-state index in [4.69, 9.17) is 19.0 Å². The number of methoxy groups -OCH3 is 1. The number of likely N-dealkylation sites (tertiary alicyclic amines) is 1. The predicted octanol–water partition coefficient (Wildman–Crippen LogP) is 3.49. The van der Waals surface area contributed by atoms with Crippen LogP contribution in [0.25, 0.3) is 0 Å². The topological polar surface area (TPSA) is 77.7 Å². The average Bonchev–Trinajstić information content (AvgIpc) is 3.34. The Bertz CT molecular complexity index is 834. The summed E-state index contributed by atoms with van der Waals surface area (Å²) in [6.45, 7) is 3.48. The molecule has 1 unspecified atom stereocenters. The first kappa shape index (κ1) is 22.0. The molecule has 0 bridgehead atoms. The molecule has 4 rings (SSSR count). The first-order valence-electron chi connectivity index (χ1n) is 11.4. The number of piperidine rings is 1. The zero-order chi connectivity index (χ0) is 21.5. The summed E-state index contributed by atoms with van der Waals surface area (Å²) in [7, 11) is 1.71. The molecule has 1 aromatic carbocycles. The zero-order valence-electron chi connectivity index (χ0n) is 18.4. The van der Waals surface area contributed by atoms with E-state index in [9.17, 15) is 4.79 Å². The average molecular weight is 428 g/mol. The highest BCUT2D eigenvalue weighted by Crippen LogP contribution is 2.37. The molecule has 7 heteroatoms. The number of hydrogen-bond donors (Lipinski definition) is 0. The van der Waals surface area contributed by atoms with Gasteiger partial charge in [-0.1, -0.05) is 35.5 Å². The normalized spacial score (nSPS) is 22.5. The molecule has 2 saturated heterocycles. The van der Waals surface area contributed by atoms with Crippen molar-refractivity contribution in [3.8, 4) is 0 Å². The van der Waals surface area contributed by atoms with Gasteiger partial charge >= 0.3 is 0 Å². The van der Waals surface area contributed by atoms with Gasteiger partial charge in [0.1, 0.15) is 0 Å². The Kier molecular flexibility index (Phi) is 7.35. The van der Waals surface area contributed by atoms with Crippen LogP contribution in [-0.4, -0.2) is 61.0 Å². The quantitative estimate of drug-likeness (QED) is 0.642. The molecule has 0 aliphatic carbocycles. The highest BCUT2D eigenvalue weighted by molar-refractivity contribution is 5.76. The number of nitrogens with zero attached hydrogens (tertiary/aromatic N) is 3. The van der Waals surface area contributed by atoms with E-state index in [2.05, 4.69) is 17.3 Å². The van der Waals surface area contributed by atoms with Crippen LogP contribution in [0.1, 0.15) is 61.7 Å². The number of ether oxygens (including phenoxy) is 2. The van der Waals surface area contributed by atoms with Gasteiger partial charge in [0, 0.05) is 52.4 Å². The molecule has 0 radical (unpaired) electrons. The largest absolute Gasteiger partial charge is 0.385 e. The van der Waals surface area contributed by atoms with Crippen LogP contribution >= 0.6 is 0 Å². The lowest BCUT2D eigenvalue weighted by molar-refractivity contribution is -0.133. The van der Waals surface area contributed by atoms with Crippen LogP contribution in [0, 0.1) is 0 Å². The van der Waals surface area contributed by atoms with Crippen LogP contribution in [0.4, 0.5) is 0 Å². The lowest BCUT2D eigenvalue weighted by Gasteiger charge is -2.41. The van der Waals surface area contributed by atoms with Crippen molar-refractivity contribution >= 4 is 5.91 Å². The van der Waals surface area contributed by atoms with Crippen LogP contribution in [0.3, 0.4) is 0 Å². The molecule has 168 valence electrons. The monoisotopic (exact) mass is 427 g/mol. The number of carbonyl (C=O) groups is 1. The molecule has 31 heavy (non-hydrogen) atoms. The van der Waals surface area contributed by atoms with Gasteiger partial charge in [0.05, 0.1) is 5.41 Å². The van der Waals surface area contributed by atoms with Crippen molar-refractivity contribution in [3.05, 3.63) is 47.6 Å². The molecule has 3 heterocycles. The van der Waals surface area contributed by atoms with Gasteiger partial charge in [-0.25, -0.2) is 0 Å². The second-order valence-corrected chi connectivity index (χ2v) is 8.77. The maximum atomic E-state index is 13.0. The summed E-state index contributed by atoms with van der Waals surface area (Å²) in [5.74, 6) is 1.90. The van der Waals surface area contributed by atoms with Crippen molar-refractivity contribution in [2.75, 3.05) is 40.0 Å². The fraction of sp³-hybridized carbons (Fsp3) is 0.625. The van der Waals surface area contributed by atoms with Crippen molar-refractivity contribution in [1.29, 1.82) is 0 Å². The Balaban J connectivity index is 1.47. The molecule has 2 aromatic rings. The number of aromatic nitrogens is 2. The molecule has 1 atom stereocenters. The molecule has 1 aromatic heterocycles. The summed E-state index contributed by atoms with van der Waals surface area (Å²) in [6, 6.07) is 10.2. The zero-order valence-corrected chi connectivity index (χ0v) is 18.4. The first-order valence-corrected chi connectivity index (χ1v) is 11.4. The molecule has 0 N–H and O–H groups in total.